The van der Waals surface area contributed by atoms with Crippen molar-refractivity contribution in [2.45, 2.75) is 11.1 Å². The monoisotopic (exact) mass is 347 g/mol. The van der Waals surface area contributed by atoms with Crippen LogP contribution in [0, 0.1) is 0 Å². The second kappa shape index (κ2) is 17.9. The molecule has 0 heterocycles. The molecule has 0 aromatic heterocycles. The first-order valence-corrected chi connectivity index (χ1v) is 6.94. The van der Waals surface area contributed by atoms with Crippen LogP contribution in [0.5, 0.6) is 0 Å². The predicted molar refractivity (Wildman–Crippen MR) is 83.4 cm³/mol. The first-order valence-electron chi connectivity index (χ1n) is 6.94. The minimum atomic E-state index is -1.21. The van der Waals surface area contributed by atoms with Gasteiger partial charge in [0.15, 0.2) is 0 Å². The summed E-state index contributed by atoms with van der Waals surface area (Å²) >= 11 is 0. The molecule has 0 radical (unpaired) electrons. The average molecular weight is 347 g/mol. The van der Waals surface area contributed by atoms with Crippen molar-refractivity contribution in [2.24, 2.45) is 11.5 Å². The SMILES string of the molecule is NC(CO)(CO)CO.NC(CO)(CO)CO.OCCNCCO. The van der Waals surface area contributed by atoms with E-state index >= 15 is 0 Å². The van der Waals surface area contributed by atoms with Crippen LogP contribution >= 0.6 is 0 Å². The molecule has 0 atom stereocenters. The Hall–Kier alpha value is -0.440. The van der Waals surface area contributed by atoms with Crippen LogP contribution in [0.15, 0.2) is 0 Å². The molecule has 0 amide bonds. The molecule has 0 saturated carbocycles. The summed E-state index contributed by atoms with van der Waals surface area (Å²) in [7, 11) is 0. The van der Waals surface area contributed by atoms with Gasteiger partial charge in [-0.1, -0.05) is 0 Å². The van der Waals surface area contributed by atoms with Gasteiger partial charge in [0.2, 0.25) is 0 Å². The van der Waals surface area contributed by atoms with E-state index in [1.165, 1.54) is 0 Å². The van der Waals surface area contributed by atoms with Crippen molar-refractivity contribution in [2.75, 3.05) is 65.9 Å². The van der Waals surface area contributed by atoms with Gasteiger partial charge in [-0.25, -0.2) is 0 Å². The molecular formula is C12H33N3O8. The molecule has 23 heavy (non-hydrogen) atoms. The molecule has 11 heteroatoms. The maximum atomic E-state index is 8.34. The fourth-order valence-electron chi connectivity index (χ4n) is 0.583. The Labute approximate surface area is 135 Å². The van der Waals surface area contributed by atoms with Crippen LogP contribution in [-0.2, 0) is 0 Å². The highest BCUT2D eigenvalue weighted by Gasteiger charge is 2.21. The van der Waals surface area contributed by atoms with Gasteiger partial charge in [-0.3, -0.25) is 0 Å². The van der Waals surface area contributed by atoms with Crippen LogP contribution in [0.2, 0.25) is 0 Å². The van der Waals surface area contributed by atoms with Crippen molar-refractivity contribution >= 4 is 0 Å². The highest BCUT2D eigenvalue weighted by Crippen LogP contribution is 1.93. The molecule has 13 N–H and O–H groups in total. The quantitative estimate of drug-likeness (QED) is 0.167. The molecule has 0 aromatic carbocycles. The van der Waals surface area contributed by atoms with Gasteiger partial charge in [0.25, 0.3) is 0 Å². The lowest BCUT2D eigenvalue weighted by atomic mass is 10.1. The zero-order chi connectivity index (χ0) is 18.8. The predicted octanol–water partition coefficient (Wildman–Crippen LogP) is -6.12. The molecular weight excluding hydrogens is 314 g/mol. The number of nitrogens with one attached hydrogen (secondary N) is 1. The number of aliphatic hydroxyl groups excluding tert-OH is 8. The first kappa shape index (κ1) is 27.4. The Morgan fingerprint density at radius 2 is 0.739 bits per heavy atom. The zero-order valence-electron chi connectivity index (χ0n) is 13.3. The van der Waals surface area contributed by atoms with Crippen molar-refractivity contribution in [1.82, 2.24) is 5.32 Å². The summed E-state index contributed by atoms with van der Waals surface area (Å²) in [6.07, 6.45) is 0. The molecule has 0 saturated heterocycles. The summed E-state index contributed by atoms with van der Waals surface area (Å²) in [5.41, 5.74) is 7.88. The first-order chi connectivity index (χ1) is 10.8. The topological polar surface area (TPSA) is 226 Å². The molecule has 0 aliphatic heterocycles. The minimum absolute atomic E-state index is 0.139. The summed E-state index contributed by atoms with van der Waals surface area (Å²) in [6.45, 7) is -0.999. The molecule has 0 fully saturated rings. The standard InChI is InChI=1S/2C4H11NO3.C4H11NO2/c2*5-4(1-6,2-7)3-8;6-3-1-5-2-4-7/h2*6-8H,1-3,5H2;5-7H,1-4H2. The minimum Gasteiger partial charge on any atom is -0.395 e. The Bertz CT molecular complexity index is 190. The van der Waals surface area contributed by atoms with Gasteiger partial charge in [0.1, 0.15) is 0 Å². The van der Waals surface area contributed by atoms with E-state index in [9.17, 15) is 0 Å². The lowest BCUT2D eigenvalue weighted by Crippen LogP contribution is -2.50. The summed E-state index contributed by atoms with van der Waals surface area (Å²) in [5.74, 6) is 0. The highest BCUT2D eigenvalue weighted by atomic mass is 16.3. The van der Waals surface area contributed by atoms with Crippen LogP contribution in [0.3, 0.4) is 0 Å². The largest absolute Gasteiger partial charge is 0.395 e. The number of hydrogen-bond donors (Lipinski definition) is 11. The fourth-order valence-corrected chi connectivity index (χ4v) is 0.583. The van der Waals surface area contributed by atoms with Gasteiger partial charge in [-0.05, 0) is 0 Å². The van der Waals surface area contributed by atoms with E-state index in [0.29, 0.717) is 13.1 Å². The molecule has 0 aliphatic carbocycles. The normalized spacial score (nSPS) is 11.2. The van der Waals surface area contributed by atoms with E-state index in [1.54, 1.807) is 0 Å². The van der Waals surface area contributed by atoms with Gasteiger partial charge in [0.05, 0.1) is 63.9 Å². The average Bonchev–Trinajstić information content (AvgIpc) is 2.62. The highest BCUT2D eigenvalue weighted by molar-refractivity contribution is 4.81. The maximum Gasteiger partial charge on any atom is 0.0856 e. The zero-order valence-corrected chi connectivity index (χ0v) is 13.3. The molecule has 0 aromatic rings. The third-order valence-electron chi connectivity index (χ3n) is 2.47. The van der Waals surface area contributed by atoms with Crippen LogP contribution in [-0.4, -0.2) is 118 Å². The van der Waals surface area contributed by atoms with Gasteiger partial charge in [-0.15, -0.1) is 0 Å². The van der Waals surface area contributed by atoms with Crippen LogP contribution in [0.25, 0.3) is 0 Å². The van der Waals surface area contributed by atoms with Gasteiger partial charge < -0.3 is 57.6 Å². The summed E-state index contributed by atoms with van der Waals surface area (Å²) in [4.78, 5) is 0. The molecule has 0 bridgehead atoms. The van der Waals surface area contributed by atoms with Crippen molar-refractivity contribution in [3.8, 4) is 0 Å². The number of rotatable bonds is 10. The molecule has 0 unspecified atom stereocenters. The smallest absolute Gasteiger partial charge is 0.0856 e. The van der Waals surface area contributed by atoms with Crippen molar-refractivity contribution in [3.05, 3.63) is 0 Å². The van der Waals surface area contributed by atoms with Crippen LogP contribution in [0.4, 0.5) is 0 Å². The second-order valence-corrected chi connectivity index (χ2v) is 4.87. The van der Waals surface area contributed by atoms with Gasteiger partial charge >= 0.3 is 0 Å². The van der Waals surface area contributed by atoms with Gasteiger partial charge in [0, 0.05) is 13.1 Å². The van der Waals surface area contributed by atoms with E-state index in [4.69, 9.17) is 52.3 Å². The molecule has 0 aliphatic rings. The molecule has 11 nitrogen and oxygen atoms in total. The lowest BCUT2D eigenvalue weighted by molar-refractivity contribution is 0.0695. The Morgan fingerprint density at radius 3 is 0.826 bits per heavy atom. The fraction of sp³-hybridized carbons (Fsp3) is 1.00. The third kappa shape index (κ3) is 17.7. The Balaban J connectivity index is -0.000000262. The summed E-state index contributed by atoms with van der Waals surface area (Å²) in [5, 5.41) is 69.1. The van der Waals surface area contributed by atoms with Crippen molar-refractivity contribution in [3.63, 3.8) is 0 Å². The summed E-state index contributed by atoms with van der Waals surface area (Å²) < 4.78 is 0. The number of nitrogens with two attached hydrogens (primary N) is 2. The van der Waals surface area contributed by atoms with Crippen molar-refractivity contribution in [1.29, 1.82) is 0 Å². The van der Waals surface area contributed by atoms with Gasteiger partial charge in [-0.2, -0.15) is 0 Å². The lowest BCUT2D eigenvalue weighted by Gasteiger charge is -2.20. The second-order valence-electron chi connectivity index (χ2n) is 4.87. The van der Waals surface area contributed by atoms with Crippen LogP contribution < -0.4 is 16.8 Å². The van der Waals surface area contributed by atoms with Crippen molar-refractivity contribution < 1.29 is 40.9 Å². The van der Waals surface area contributed by atoms with E-state index in [-0.39, 0.29) is 13.2 Å². The molecule has 0 rings (SSSR count). The molecule has 0 spiro atoms. The maximum absolute atomic E-state index is 8.34. The van der Waals surface area contributed by atoms with E-state index in [1.807, 2.05) is 0 Å². The van der Waals surface area contributed by atoms with E-state index < -0.39 is 50.7 Å². The Kier molecular flexibility index (Phi) is 21.3. The van der Waals surface area contributed by atoms with Crippen LogP contribution in [0.1, 0.15) is 0 Å². The van der Waals surface area contributed by atoms with E-state index in [0.717, 1.165) is 0 Å². The summed E-state index contributed by atoms with van der Waals surface area (Å²) in [6, 6.07) is 0. The number of hydrogen-bond acceptors (Lipinski definition) is 11. The van der Waals surface area contributed by atoms with E-state index in [2.05, 4.69) is 5.32 Å². The third-order valence-corrected chi connectivity index (χ3v) is 2.47. The Morgan fingerprint density at radius 1 is 0.522 bits per heavy atom. The number of aliphatic hydroxyl groups is 8. The molecule has 144 valence electrons.